The standard InChI is InChI=1S/C4H2ClF3N2O/c5-3-1-2-9-10(3)11-4(6,7)8/h1-2H. The fraction of sp³-hybridized carbons (Fsp3) is 0.250. The predicted octanol–water partition coefficient (Wildman–Crippen LogP) is 1.48. The van der Waals surface area contributed by atoms with Crippen molar-refractivity contribution in [3.05, 3.63) is 17.4 Å². The summed E-state index contributed by atoms with van der Waals surface area (Å²) in [4.78, 5) is 3.53. The van der Waals surface area contributed by atoms with Crippen molar-refractivity contribution in [1.82, 2.24) is 9.94 Å². The average Bonchev–Trinajstić information content (AvgIpc) is 2.12. The van der Waals surface area contributed by atoms with Crippen LogP contribution in [0.5, 0.6) is 0 Å². The normalized spacial score (nSPS) is 11.6. The molecule has 1 aromatic rings. The fourth-order valence-electron chi connectivity index (χ4n) is 0.440. The highest BCUT2D eigenvalue weighted by Gasteiger charge is 2.33. The van der Waals surface area contributed by atoms with E-state index in [1.54, 1.807) is 0 Å². The molecule has 0 aliphatic heterocycles. The number of aromatic nitrogens is 2. The lowest BCUT2D eigenvalue weighted by atomic mass is 10.8. The van der Waals surface area contributed by atoms with Crippen LogP contribution in [0.2, 0.25) is 5.15 Å². The average molecular weight is 187 g/mol. The molecule has 0 aliphatic carbocycles. The van der Waals surface area contributed by atoms with E-state index in [2.05, 4.69) is 9.94 Å². The highest BCUT2D eigenvalue weighted by molar-refractivity contribution is 6.29. The Bertz CT molecular complexity index is 246. The summed E-state index contributed by atoms with van der Waals surface area (Å²) in [5.74, 6) is 0. The molecular weight excluding hydrogens is 185 g/mol. The van der Waals surface area contributed by atoms with E-state index in [9.17, 15) is 13.2 Å². The second-order valence-corrected chi connectivity index (χ2v) is 1.95. The molecule has 0 aromatic carbocycles. The van der Waals surface area contributed by atoms with Crippen molar-refractivity contribution in [1.29, 1.82) is 0 Å². The van der Waals surface area contributed by atoms with Crippen LogP contribution in [0.4, 0.5) is 13.2 Å². The van der Waals surface area contributed by atoms with Crippen molar-refractivity contribution in [2.24, 2.45) is 0 Å². The summed E-state index contributed by atoms with van der Waals surface area (Å²) < 4.78 is 34.4. The molecule has 0 N–H and O–H groups in total. The Hall–Kier alpha value is -0.910. The predicted molar refractivity (Wildman–Crippen MR) is 29.9 cm³/mol. The van der Waals surface area contributed by atoms with Crippen LogP contribution in [-0.4, -0.2) is 16.3 Å². The first-order valence-electron chi connectivity index (χ1n) is 2.45. The number of alkyl halides is 3. The number of halogens is 4. The zero-order chi connectivity index (χ0) is 8.48. The van der Waals surface area contributed by atoms with Crippen molar-refractivity contribution in [2.75, 3.05) is 0 Å². The summed E-state index contributed by atoms with van der Waals surface area (Å²) in [5, 5.41) is 2.91. The van der Waals surface area contributed by atoms with Gasteiger partial charge in [-0.15, -0.1) is 18.3 Å². The summed E-state index contributed by atoms with van der Waals surface area (Å²) in [6, 6.07) is 1.17. The van der Waals surface area contributed by atoms with Gasteiger partial charge in [0.15, 0.2) is 5.15 Å². The molecular formula is C4H2ClF3N2O. The van der Waals surface area contributed by atoms with Gasteiger partial charge in [0.2, 0.25) is 0 Å². The molecule has 0 saturated carbocycles. The van der Waals surface area contributed by atoms with Crippen LogP contribution in [-0.2, 0) is 0 Å². The second kappa shape index (κ2) is 2.61. The molecule has 0 radical (unpaired) electrons. The van der Waals surface area contributed by atoms with E-state index in [1.165, 1.54) is 6.07 Å². The van der Waals surface area contributed by atoms with Gasteiger partial charge < -0.3 is 0 Å². The molecule has 0 amide bonds. The molecule has 0 fully saturated rings. The third kappa shape index (κ3) is 2.30. The third-order valence-corrected chi connectivity index (χ3v) is 1.03. The minimum atomic E-state index is -4.77. The van der Waals surface area contributed by atoms with Gasteiger partial charge in [0.25, 0.3) is 0 Å². The lowest BCUT2D eigenvalue weighted by molar-refractivity contribution is -0.328. The maximum Gasteiger partial charge on any atom is 0.593 e. The molecule has 7 heteroatoms. The maximum atomic E-state index is 11.5. The van der Waals surface area contributed by atoms with E-state index < -0.39 is 6.36 Å². The van der Waals surface area contributed by atoms with Crippen LogP contribution in [0.25, 0.3) is 0 Å². The Morgan fingerprint density at radius 2 is 2.18 bits per heavy atom. The molecule has 1 aromatic heterocycles. The van der Waals surface area contributed by atoms with Gasteiger partial charge >= 0.3 is 6.36 Å². The van der Waals surface area contributed by atoms with Gasteiger partial charge in [0.05, 0.1) is 6.20 Å². The van der Waals surface area contributed by atoms with Crippen LogP contribution >= 0.6 is 11.6 Å². The second-order valence-electron chi connectivity index (χ2n) is 1.56. The van der Waals surface area contributed by atoms with E-state index >= 15 is 0 Å². The number of hydrogen-bond acceptors (Lipinski definition) is 2. The van der Waals surface area contributed by atoms with E-state index in [0.717, 1.165) is 6.20 Å². The van der Waals surface area contributed by atoms with Crippen molar-refractivity contribution < 1.29 is 18.0 Å². The Labute approximate surface area is 64.3 Å². The molecule has 0 unspecified atom stereocenters. The Kier molecular flexibility index (Phi) is 1.95. The van der Waals surface area contributed by atoms with Gasteiger partial charge in [0, 0.05) is 0 Å². The quantitative estimate of drug-likeness (QED) is 0.664. The monoisotopic (exact) mass is 186 g/mol. The SMILES string of the molecule is FC(F)(F)On1nccc1Cl. The molecule has 0 aliphatic rings. The summed E-state index contributed by atoms with van der Waals surface area (Å²) >= 11 is 5.22. The van der Waals surface area contributed by atoms with E-state index in [4.69, 9.17) is 11.6 Å². The topological polar surface area (TPSA) is 27.1 Å². The van der Waals surface area contributed by atoms with Crippen molar-refractivity contribution in [3.63, 3.8) is 0 Å². The lowest BCUT2D eigenvalue weighted by Crippen LogP contribution is -2.27. The summed E-state index contributed by atoms with van der Waals surface area (Å²) in [7, 11) is 0. The van der Waals surface area contributed by atoms with E-state index in [-0.39, 0.29) is 10.00 Å². The molecule has 62 valence electrons. The van der Waals surface area contributed by atoms with Crippen LogP contribution in [0.3, 0.4) is 0 Å². The zero-order valence-electron chi connectivity index (χ0n) is 4.97. The van der Waals surface area contributed by atoms with Crippen LogP contribution in [0.15, 0.2) is 12.3 Å². The molecule has 11 heavy (non-hydrogen) atoms. The number of rotatable bonds is 1. The first-order valence-corrected chi connectivity index (χ1v) is 2.82. The fourth-order valence-corrected chi connectivity index (χ4v) is 0.574. The number of hydrogen-bond donors (Lipinski definition) is 0. The molecule has 0 atom stereocenters. The zero-order valence-corrected chi connectivity index (χ0v) is 5.73. The molecule has 0 spiro atoms. The van der Waals surface area contributed by atoms with Crippen LogP contribution in [0, 0.1) is 0 Å². The first-order chi connectivity index (χ1) is 4.99. The molecule has 1 rings (SSSR count). The Morgan fingerprint density at radius 3 is 2.55 bits per heavy atom. The smallest absolute Gasteiger partial charge is 0.294 e. The lowest BCUT2D eigenvalue weighted by Gasteiger charge is -2.06. The molecule has 3 nitrogen and oxygen atoms in total. The maximum absolute atomic E-state index is 11.5. The van der Waals surface area contributed by atoms with Gasteiger partial charge in [-0.3, -0.25) is 4.84 Å². The minimum Gasteiger partial charge on any atom is -0.294 e. The van der Waals surface area contributed by atoms with Crippen LogP contribution < -0.4 is 4.84 Å². The molecule has 1 heterocycles. The van der Waals surface area contributed by atoms with Crippen molar-refractivity contribution >= 4 is 11.6 Å². The molecule has 0 bridgehead atoms. The van der Waals surface area contributed by atoms with E-state index in [0.29, 0.717) is 0 Å². The highest BCUT2D eigenvalue weighted by Crippen LogP contribution is 2.14. The van der Waals surface area contributed by atoms with Gasteiger partial charge in [-0.25, -0.2) is 0 Å². The van der Waals surface area contributed by atoms with Crippen molar-refractivity contribution in [3.8, 4) is 0 Å². The van der Waals surface area contributed by atoms with Gasteiger partial charge in [-0.2, -0.15) is 0 Å². The Morgan fingerprint density at radius 1 is 1.55 bits per heavy atom. The van der Waals surface area contributed by atoms with Crippen LogP contribution in [0.1, 0.15) is 0 Å². The molecule has 0 saturated heterocycles. The third-order valence-electron chi connectivity index (χ3n) is 0.756. The van der Waals surface area contributed by atoms with Gasteiger partial charge in [0.1, 0.15) is 0 Å². The van der Waals surface area contributed by atoms with Crippen molar-refractivity contribution in [2.45, 2.75) is 6.36 Å². The number of nitrogens with zero attached hydrogens (tertiary/aromatic N) is 2. The summed E-state index contributed by atoms with van der Waals surface area (Å²) in [6.45, 7) is 0. The summed E-state index contributed by atoms with van der Waals surface area (Å²) in [6.07, 6.45) is -3.68. The highest BCUT2D eigenvalue weighted by atomic mass is 35.5. The van der Waals surface area contributed by atoms with E-state index in [1.807, 2.05) is 0 Å². The van der Waals surface area contributed by atoms with Gasteiger partial charge in [-0.05, 0) is 6.07 Å². The largest absolute Gasteiger partial charge is 0.593 e. The minimum absolute atomic E-state index is 0.182. The summed E-state index contributed by atoms with van der Waals surface area (Å²) in [5.41, 5.74) is 0. The Balaban J connectivity index is 2.72. The first kappa shape index (κ1) is 8.19. The van der Waals surface area contributed by atoms with Gasteiger partial charge in [-0.1, -0.05) is 16.4 Å².